The Kier molecular flexibility index (Phi) is 3.86. The number of aryl methyl sites for hydroxylation is 2. The van der Waals surface area contributed by atoms with Crippen molar-refractivity contribution in [1.82, 2.24) is 25.3 Å². The van der Waals surface area contributed by atoms with Crippen LogP contribution in [0.25, 0.3) is 0 Å². The SMILES string of the molecule is CCNC(Cc1cn(C)nn1)c1scnc1C. The second kappa shape index (κ2) is 5.37. The lowest BCUT2D eigenvalue weighted by molar-refractivity contribution is 0.548. The van der Waals surface area contributed by atoms with E-state index in [-0.39, 0.29) is 6.04 Å². The maximum atomic E-state index is 4.30. The normalized spacial score (nSPS) is 12.9. The fourth-order valence-corrected chi connectivity index (χ4v) is 2.73. The predicted molar refractivity (Wildman–Crippen MR) is 68.0 cm³/mol. The van der Waals surface area contributed by atoms with Crippen LogP contribution in [0.3, 0.4) is 0 Å². The zero-order valence-corrected chi connectivity index (χ0v) is 11.2. The fourth-order valence-electron chi connectivity index (χ4n) is 1.85. The second-order valence-electron chi connectivity index (χ2n) is 4.00. The van der Waals surface area contributed by atoms with Crippen LogP contribution >= 0.6 is 11.3 Å². The summed E-state index contributed by atoms with van der Waals surface area (Å²) < 4.78 is 1.73. The molecule has 6 heteroatoms. The Balaban J connectivity index is 2.15. The van der Waals surface area contributed by atoms with Crippen molar-refractivity contribution in [3.63, 3.8) is 0 Å². The molecule has 0 fully saturated rings. The fraction of sp³-hybridized carbons (Fsp3) is 0.545. The third-order valence-corrected chi connectivity index (χ3v) is 3.66. The van der Waals surface area contributed by atoms with E-state index in [9.17, 15) is 0 Å². The van der Waals surface area contributed by atoms with Crippen LogP contribution in [0.5, 0.6) is 0 Å². The largest absolute Gasteiger partial charge is 0.309 e. The Morgan fingerprint density at radius 2 is 2.35 bits per heavy atom. The van der Waals surface area contributed by atoms with Gasteiger partial charge in [-0.3, -0.25) is 4.68 Å². The summed E-state index contributed by atoms with van der Waals surface area (Å²) in [6.45, 7) is 5.09. The van der Waals surface area contributed by atoms with Crippen LogP contribution in [-0.2, 0) is 13.5 Å². The van der Waals surface area contributed by atoms with Crippen molar-refractivity contribution in [3.8, 4) is 0 Å². The van der Waals surface area contributed by atoms with Crippen LogP contribution in [0.1, 0.15) is 29.2 Å². The van der Waals surface area contributed by atoms with Gasteiger partial charge in [0.2, 0.25) is 0 Å². The molecule has 1 atom stereocenters. The molecular formula is C11H17N5S. The molecule has 17 heavy (non-hydrogen) atoms. The number of nitrogens with zero attached hydrogens (tertiary/aromatic N) is 4. The van der Waals surface area contributed by atoms with Gasteiger partial charge in [0.05, 0.1) is 16.9 Å². The first kappa shape index (κ1) is 12.2. The van der Waals surface area contributed by atoms with Crippen molar-refractivity contribution >= 4 is 11.3 Å². The van der Waals surface area contributed by atoms with Gasteiger partial charge in [0.1, 0.15) is 0 Å². The van der Waals surface area contributed by atoms with Gasteiger partial charge in [-0.1, -0.05) is 12.1 Å². The van der Waals surface area contributed by atoms with E-state index in [1.807, 2.05) is 25.7 Å². The smallest absolute Gasteiger partial charge is 0.0846 e. The van der Waals surface area contributed by atoms with Crippen molar-refractivity contribution < 1.29 is 0 Å². The summed E-state index contributed by atoms with van der Waals surface area (Å²) in [5, 5.41) is 11.6. The molecule has 0 saturated carbocycles. The molecule has 1 unspecified atom stereocenters. The molecule has 2 aromatic heterocycles. The first-order valence-electron chi connectivity index (χ1n) is 5.69. The Bertz CT molecular complexity index is 476. The van der Waals surface area contributed by atoms with Crippen LogP contribution in [0.4, 0.5) is 0 Å². The Hall–Kier alpha value is -1.27. The van der Waals surface area contributed by atoms with Gasteiger partial charge in [0.25, 0.3) is 0 Å². The number of rotatable bonds is 5. The van der Waals surface area contributed by atoms with Crippen molar-refractivity contribution in [1.29, 1.82) is 0 Å². The lowest BCUT2D eigenvalue weighted by Crippen LogP contribution is -2.23. The Morgan fingerprint density at radius 3 is 2.88 bits per heavy atom. The van der Waals surface area contributed by atoms with E-state index in [1.54, 1.807) is 16.0 Å². The minimum atomic E-state index is 0.282. The Morgan fingerprint density at radius 1 is 1.53 bits per heavy atom. The van der Waals surface area contributed by atoms with Crippen LogP contribution in [0.2, 0.25) is 0 Å². The summed E-state index contributed by atoms with van der Waals surface area (Å²) in [6, 6.07) is 0.282. The first-order valence-corrected chi connectivity index (χ1v) is 6.57. The van der Waals surface area contributed by atoms with Crippen molar-refractivity contribution in [2.75, 3.05) is 6.54 Å². The molecule has 92 valence electrons. The number of aromatic nitrogens is 4. The summed E-state index contributed by atoms with van der Waals surface area (Å²) in [5.74, 6) is 0. The second-order valence-corrected chi connectivity index (χ2v) is 4.89. The topological polar surface area (TPSA) is 55.6 Å². The van der Waals surface area contributed by atoms with Gasteiger partial charge in [0, 0.05) is 30.6 Å². The van der Waals surface area contributed by atoms with Crippen LogP contribution in [-0.4, -0.2) is 26.5 Å². The standard InChI is InChI=1S/C11H17N5S/c1-4-12-10(11-8(2)13-7-17-11)5-9-6-16(3)15-14-9/h6-7,10,12H,4-5H2,1-3H3. The molecular weight excluding hydrogens is 234 g/mol. The molecule has 2 heterocycles. The molecule has 0 aliphatic heterocycles. The highest BCUT2D eigenvalue weighted by atomic mass is 32.1. The van der Waals surface area contributed by atoms with Crippen molar-refractivity contribution in [2.45, 2.75) is 26.3 Å². The monoisotopic (exact) mass is 251 g/mol. The average Bonchev–Trinajstić information content (AvgIpc) is 2.87. The van der Waals surface area contributed by atoms with Gasteiger partial charge >= 0.3 is 0 Å². The molecule has 0 radical (unpaired) electrons. The molecule has 0 spiro atoms. The molecule has 2 rings (SSSR count). The number of thiazole rings is 1. The molecule has 0 aliphatic rings. The Labute approximate surface area is 105 Å². The summed E-state index contributed by atoms with van der Waals surface area (Å²) in [6.07, 6.45) is 2.81. The van der Waals surface area contributed by atoms with Gasteiger partial charge in [0.15, 0.2) is 0 Å². The number of hydrogen-bond donors (Lipinski definition) is 1. The molecule has 0 amide bonds. The van der Waals surface area contributed by atoms with Crippen LogP contribution in [0.15, 0.2) is 11.7 Å². The highest BCUT2D eigenvalue weighted by Gasteiger charge is 2.17. The van der Waals surface area contributed by atoms with Crippen molar-refractivity contribution in [3.05, 3.63) is 28.0 Å². The maximum Gasteiger partial charge on any atom is 0.0846 e. The summed E-state index contributed by atoms with van der Waals surface area (Å²) in [5.41, 5.74) is 4.00. The summed E-state index contributed by atoms with van der Waals surface area (Å²) in [4.78, 5) is 5.59. The highest BCUT2D eigenvalue weighted by Crippen LogP contribution is 2.24. The minimum absolute atomic E-state index is 0.282. The molecule has 0 aliphatic carbocycles. The number of hydrogen-bond acceptors (Lipinski definition) is 5. The molecule has 0 bridgehead atoms. The zero-order valence-electron chi connectivity index (χ0n) is 10.3. The molecule has 0 saturated heterocycles. The van der Waals surface area contributed by atoms with Gasteiger partial charge in [-0.05, 0) is 13.5 Å². The van der Waals surface area contributed by atoms with E-state index in [1.165, 1.54) is 4.88 Å². The third kappa shape index (κ3) is 2.89. The summed E-state index contributed by atoms with van der Waals surface area (Å²) in [7, 11) is 1.89. The first-order chi connectivity index (χ1) is 8.20. The molecule has 1 N–H and O–H groups in total. The lowest BCUT2D eigenvalue weighted by Gasteiger charge is -2.15. The minimum Gasteiger partial charge on any atom is -0.309 e. The number of nitrogens with one attached hydrogen (secondary N) is 1. The van der Waals surface area contributed by atoms with Crippen LogP contribution < -0.4 is 5.32 Å². The van der Waals surface area contributed by atoms with E-state index in [2.05, 4.69) is 27.5 Å². The predicted octanol–water partition coefficient (Wildman–Crippen LogP) is 1.47. The average molecular weight is 251 g/mol. The molecule has 2 aromatic rings. The number of likely N-dealkylation sites (N-methyl/N-ethyl adjacent to an activating group) is 1. The lowest BCUT2D eigenvalue weighted by atomic mass is 10.1. The van der Waals surface area contributed by atoms with Crippen molar-refractivity contribution in [2.24, 2.45) is 7.05 Å². The van der Waals surface area contributed by atoms with Gasteiger partial charge in [-0.25, -0.2) is 4.98 Å². The highest BCUT2D eigenvalue weighted by molar-refractivity contribution is 7.09. The quantitative estimate of drug-likeness (QED) is 0.874. The maximum absolute atomic E-state index is 4.30. The van der Waals surface area contributed by atoms with Gasteiger partial charge in [-0.2, -0.15) is 0 Å². The van der Waals surface area contributed by atoms with Gasteiger partial charge in [-0.15, -0.1) is 16.4 Å². The summed E-state index contributed by atoms with van der Waals surface area (Å²) >= 11 is 1.70. The third-order valence-electron chi connectivity index (χ3n) is 2.61. The van der Waals surface area contributed by atoms with E-state index in [0.717, 1.165) is 24.4 Å². The van der Waals surface area contributed by atoms with Gasteiger partial charge < -0.3 is 5.32 Å². The van der Waals surface area contributed by atoms with E-state index in [4.69, 9.17) is 0 Å². The van der Waals surface area contributed by atoms with Crippen LogP contribution in [0, 0.1) is 6.92 Å². The van der Waals surface area contributed by atoms with E-state index < -0.39 is 0 Å². The zero-order chi connectivity index (χ0) is 12.3. The van der Waals surface area contributed by atoms with E-state index >= 15 is 0 Å². The van der Waals surface area contributed by atoms with E-state index in [0.29, 0.717) is 0 Å². The molecule has 5 nitrogen and oxygen atoms in total. The molecule has 0 aromatic carbocycles.